The number of hydrogen-bond donors (Lipinski definition) is 0. The number of rotatable bonds is 9. The average Bonchev–Trinajstić information content (AvgIpc) is 2.98. The molecule has 2 heterocycles. The predicted octanol–water partition coefficient (Wildman–Crippen LogP) is 7.18. The lowest BCUT2D eigenvalue weighted by atomic mass is 9.76. The van der Waals surface area contributed by atoms with Crippen LogP contribution < -0.4 is 4.90 Å². The van der Waals surface area contributed by atoms with Crippen molar-refractivity contribution in [1.82, 2.24) is 9.80 Å². The number of benzene rings is 3. The van der Waals surface area contributed by atoms with E-state index in [4.69, 9.17) is 27.9 Å². The molecule has 41 heavy (non-hydrogen) atoms. The van der Waals surface area contributed by atoms with Gasteiger partial charge in [-0.2, -0.15) is 0 Å². The number of ether oxygens (including phenoxy) is 1. The molecule has 2 saturated heterocycles. The molecule has 2 amide bonds. The Bertz CT molecular complexity index is 1330. The van der Waals surface area contributed by atoms with Crippen molar-refractivity contribution in [2.45, 2.75) is 50.6 Å². The second-order valence-electron chi connectivity index (χ2n) is 11.2. The molecule has 216 valence electrons. The quantitative estimate of drug-likeness (QED) is 0.263. The highest BCUT2D eigenvalue weighted by Gasteiger charge is 2.42. The maximum Gasteiger partial charge on any atom is 0.410 e. The standard InChI is InChI=1S/C33H37Cl2N3O3/c1-25(39)38(28-11-6-3-7-12-28)29-15-19-36(20-16-29)18-8-17-33(27-13-14-30(34)31(35)21-27)23-37(32(40)41-24-33)22-26-9-4-2-5-10-26/h2-7,9-14,21,29H,8,15-20,22-24H2,1H3. The number of likely N-dealkylation sites (tertiary alicyclic amines) is 1. The zero-order chi connectivity index (χ0) is 28.8. The first-order chi connectivity index (χ1) is 19.8. The summed E-state index contributed by atoms with van der Waals surface area (Å²) < 4.78 is 5.81. The predicted molar refractivity (Wildman–Crippen MR) is 165 cm³/mol. The van der Waals surface area contributed by atoms with Gasteiger partial charge in [0.15, 0.2) is 0 Å². The number of carbonyl (C=O) groups is 2. The molecule has 3 aromatic rings. The van der Waals surface area contributed by atoms with Crippen LogP contribution in [-0.4, -0.2) is 60.6 Å². The number of nitrogens with zero attached hydrogens (tertiary/aromatic N) is 3. The van der Waals surface area contributed by atoms with Gasteiger partial charge in [0.05, 0.1) is 10.0 Å². The third-order valence-corrected chi connectivity index (χ3v) is 9.14. The normalized spacial score (nSPS) is 20.1. The average molecular weight is 595 g/mol. The monoisotopic (exact) mass is 593 g/mol. The van der Waals surface area contributed by atoms with Crippen molar-refractivity contribution in [2.75, 3.05) is 37.7 Å². The third kappa shape index (κ3) is 7.06. The van der Waals surface area contributed by atoms with Crippen molar-refractivity contribution in [1.29, 1.82) is 0 Å². The van der Waals surface area contributed by atoms with Gasteiger partial charge in [-0.25, -0.2) is 4.79 Å². The molecule has 3 aromatic carbocycles. The number of para-hydroxylation sites is 1. The van der Waals surface area contributed by atoms with Gasteiger partial charge in [-0.1, -0.05) is 77.8 Å². The summed E-state index contributed by atoms with van der Waals surface area (Å²) in [6.45, 7) is 5.82. The number of anilines is 1. The van der Waals surface area contributed by atoms with Gasteiger partial charge >= 0.3 is 6.09 Å². The fourth-order valence-corrected chi connectivity index (χ4v) is 6.57. The van der Waals surface area contributed by atoms with Crippen molar-refractivity contribution >= 4 is 40.9 Å². The van der Waals surface area contributed by atoms with Gasteiger partial charge in [0.2, 0.25) is 5.91 Å². The Morgan fingerprint density at radius 3 is 2.32 bits per heavy atom. The molecule has 0 spiro atoms. The summed E-state index contributed by atoms with van der Waals surface area (Å²) in [4.78, 5) is 31.6. The topological polar surface area (TPSA) is 53.1 Å². The second kappa shape index (κ2) is 13.3. The van der Waals surface area contributed by atoms with Gasteiger partial charge < -0.3 is 19.4 Å². The molecule has 0 bridgehead atoms. The van der Waals surface area contributed by atoms with Gasteiger partial charge in [0.1, 0.15) is 6.61 Å². The molecule has 1 unspecified atom stereocenters. The number of halogens is 2. The van der Waals surface area contributed by atoms with Crippen LogP contribution in [0.2, 0.25) is 10.0 Å². The van der Waals surface area contributed by atoms with Crippen LogP contribution in [0.25, 0.3) is 0 Å². The first-order valence-electron chi connectivity index (χ1n) is 14.3. The number of hydrogen-bond acceptors (Lipinski definition) is 4. The fraction of sp³-hybridized carbons (Fsp3) is 0.394. The molecule has 0 N–H and O–H groups in total. The van der Waals surface area contributed by atoms with E-state index in [0.29, 0.717) is 29.7 Å². The van der Waals surface area contributed by atoms with Crippen molar-refractivity contribution in [3.8, 4) is 0 Å². The number of piperidine rings is 1. The molecule has 0 radical (unpaired) electrons. The third-order valence-electron chi connectivity index (χ3n) is 8.40. The zero-order valence-electron chi connectivity index (χ0n) is 23.5. The van der Waals surface area contributed by atoms with Crippen LogP contribution in [0.4, 0.5) is 10.5 Å². The minimum absolute atomic E-state index is 0.0881. The van der Waals surface area contributed by atoms with Gasteiger partial charge in [-0.3, -0.25) is 4.79 Å². The lowest BCUT2D eigenvalue weighted by Crippen LogP contribution is -2.52. The lowest BCUT2D eigenvalue weighted by molar-refractivity contribution is -0.117. The first kappa shape index (κ1) is 29.4. The Hall–Kier alpha value is -3.06. The highest BCUT2D eigenvalue weighted by atomic mass is 35.5. The van der Waals surface area contributed by atoms with E-state index in [9.17, 15) is 9.59 Å². The Morgan fingerprint density at radius 1 is 0.976 bits per heavy atom. The molecular formula is C33H37Cl2N3O3. The van der Waals surface area contributed by atoms with Gasteiger partial charge in [-0.05, 0) is 67.6 Å². The molecule has 2 aliphatic rings. The number of cyclic esters (lactones) is 1. The minimum atomic E-state index is -0.395. The Labute approximate surface area is 252 Å². The van der Waals surface area contributed by atoms with E-state index in [1.807, 2.05) is 83.8 Å². The van der Waals surface area contributed by atoms with E-state index in [1.165, 1.54) is 0 Å². The van der Waals surface area contributed by atoms with Crippen LogP contribution in [0.15, 0.2) is 78.9 Å². The SMILES string of the molecule is CC(=O)N(c1ccccc1)C1CCN(CCCC2(c3ccc(Cl)c(Cl)c3)COC(=O)N(Cc3ccccc3)C2)CC1. The number of carbonyl (C=O) groups excluding carboxylic acids is 2. The summed E-state index contributed by atoms with van der Waals surface area (Å²) in [6, 6.07) is 25.9. The van der Waals surface area contributed by atoms with E-state index in [1.54, 1.807) is 11.8 Å². The van der Waals surface area contributed by atoms with Gasteiger partial charge in [0, 0.05) is 50.2 Å². The summed E-state index contributed by atoms with van der Waals surface area (Å²) in [5.41, 5.74) is 2.67. The Balaban J connectivity index is 1.25. The van der Waals surface area contributed by atoms with E-state index in [-0.39, 0.29) is 18.0 Å². The highest BCUT2D eigenvalue weighted by Crippen LogP contribution is 2.38. The zero-order valence-corrected chi connectivity index (χ0v) is 25.0. The number of amides is 2. The van der Waals surface area contributed by atoms with Crippen molar-refractivity contribution in [2.24, 2.45) is 0 Å². The summed E-state index contributed by atoms with van der Waals surface area (Å²) >= 11 is 12.7. The molecule has 0 aromatic heterocycles. The van der Waals surface area contributed by atoms with Crippen molar-refractivity contribution in [3.05, 3.63) is 100 Å². The Morgan fingerprint density at radius 2 is 1.66 bits per heavy atom. The Kier molecular flexibility index (Phi) is 9.53. The first-order valence-corrected chi connectivity index (χ1v) is 15.1. The maximum absolute atomic E-state index is 12.8. The van der Waals surface area contributed by atoms with E-state index >= 15 is 0 Å². The molecule has 6 nitrogen and oxygen atoms in total. The maximum atomic E-state index is 12.8. The second-order valence-corrected chi connectivity index (χ2v) is 12.0. The highest BCUT2D eigenvalue weighted by molar-refractivity contribution is 6.42. The van der Waals surface area contributed by atoms with Crippen LogP contribution >= 0.6 is 23.2 Å². The lowest BCUT2D eigenvalue weighted by Gasteiger charge is -2.43. The van der Waals surface area contributed by atoms with E-state index in [0.717, 1.165) is 62.1 Å². The van der Waals surface area contributed by atoms with Crippen molar-refractivity contribution in [3.63, 3.8) is 0 Å². The molecule has 0 saturated carbocycles. The molecule has 2 fully saturated rings. The van der Waals surface area contributed by atoms with Gasteiger partial charge in [0.25, 0.3) is 0 Å². The van der Waals surface area contributed by atoms with Crippen LogP contribution in [0, 0.1) is 0 Å². The fourth-order valence-electron chi connectivity index (χ4n) is 6.27. The molecular weight excluding hydrogens is 557 g/mol. The summed E-state index contributed by atoms with van der Waals surface area (Å²) in [7, 11) is 0. The smallest absolute Gasteiger partial charge is 0.410 e. The summed E-state index contributed by atoms with van der Waals surface area (Å²) in [5, 5.41) is 1.02. The molecule has 8 heteroatoms. The largest absolute Gasteiger partial charge is 0.448 e. The molecule has 0 aliphatic carbocycles. The molecule has 1 atom stereocenters. The van der Waals surface area contributed by atoms with Crippen LogP contribution in [0.5, 0.6) is 0 Å². The molecule has 5 rings (SSSR count). The van der Waals surface area contributed by atoms with Crippen LogP contribution in [0.1, 0.15) is 43.7 Å². The van der Waals surface area contributed by atoms with Crippen molar-refractivity contribution < 1.29 is 14.3 Å². The molecule has 2 aliphatic heterocycles. The van der Waals surface area contributed by atoms with Crippen LogP contribution in [0.3, 0.4) is 0 Å². The summed E-state index contributed by atoms with van der Waals surface area (Å²) in [6.07, 6.45) is 3.37. The van der Waals surface area contributed by atoms with Crippen LogP contribution in [-0.2, 0) is 21.5 Å². The van der Waals surface area contributed by atoms with E-state index < -0.39 is 5.41 Å². The van der Waals surface area contributed by atoms with Gasteiger partial charge in [-0.15, -0.1) is 0 Å². The van der Waals surface area contributed by atoms with E-state index in [2.05, 4.69) is 4.90 Å². The summed E-state index contributed by atoms with van der Waals surface area (Å²) in [5.74, 6) is 0.0881. The minimum Gasteiger partial charge on any atom is -0.448 e.